The van der Waals surface area contributed by atoms with Crippen LogP contribution in [-0.2, 0) is 11.2 Å². The molecule has 1 unspecified atom stereocenters. The minimum Gasteiger partial charge on any atom is -0.338 e. The summed E-state index contributed by atoms with van der Waals surface area (Å²) in [6.07, 6.45) is 2.91. The molecule has 3 nitrogen and oxygen atoms in total. The van der Waals surface area contributed by atoms with Gasteiger partial charge in [0, 0.05) is 31.0 Å². The van der Waals surface area contributed by atoms with Crippen LogP contribution < -0.4 is 0 Å². The minimum absolute atomic E-state index is 0.0955. The largest absolute Gasteiger partial charge is 0.338 e. The first-order valence-electron chi connectivity index (χ1n) is 8.75. The Morgan fingerprint density at radius 3 is 2.48 bits per heavy atom. The van der Waals surface area contributed by atoms with Gasteiger partial charge in [-0.2, -0.15) is 0 Å². The number of benzene rings is 2. The lowest BCUT2D eigenvalue weighted by atomic mass is 9.90. The highest BCUT2D eigenvalue weighted by Gasteiger charge is 2.28. The van der Waals surface area contributed by atoms with E-state index in [-0.39, 0.29) is 23.4 Å². The van der Waals surface area contributed by atoms with Crippen molar-refractivity contribution in [3.63, 3.8) is 0 Å². The number of hydrogen-bond donors (Lipinski definition) is 0. The molecule has 25 heavy (non-hydrogen) atoms. The number of carbonyl (C=O) groups is 2. The lowest BCUT2D eigenvalue weighted by molar-refractivity contribution is -0.124. The summed E-state index contributed by atoms with van der Waals surface area (Å²) in [5.74, 6) is -0.355. The average Bonchev–Trinajstić information content (AvgIpc) is 2.67. The molecule has 2 aromatic carbocycles. The molecule has 130 valence electrons. The van der Waals surface area contributed by atoms with E-state index in [9.17, 15) is 14.0 Å². The number of hydrogen-bond acceptors (Lipinski definition) is 2. The summed E-state index contributed by atoms with van der Waals surface area (Å²) in [5.41, 5.74) is 1.63. The second-order valence-electron chi connectivity index (χ2n) is 6.55. The van der Waals surface area contributed by atoms with Crippen molar-refractivity contribution >= 4 is 11.7 Å². The van der Waals surface area contributed by atoms with Gasteiger partial charge in [-0.3, -0.25) is 9.59 Å². The summed E-state index contributed by atoms with van der Waals surface area (Å²) in [6.45, 7) is 1.11. The minimum atomic E-state index is -0.357. The predicted octanol–water partition coefficient (Wildman–Crippen LogP) is 3.88. The van der Waals surface area contributed by atoms with Gasteiger partial charge >= 0.3 is 0 Å². The van der Waals surface area contributed by atoms with E-state index < -0.39 is 0 Å². The number of likely N-dealkylation sites (tertiary alicyclic amines) is 1. The Balaban J connectivity index is 1.57. The first-order valence-corrected chi connectivity index (χ1v) is 8.75. The fraction of sp³-hybridized carbons (Fsp3) is 0.333. The first kappa shape index (κ1) is 17.3. The summed E-state index contributed by atoms with van der Waals surface area (Å²) in [4.78, 5) is 26.8. The predicted molar refractivity (Wildman–Crippen MR) is 94.8 cm³/mol. The van der Waals surface area contributed by atoms with Crippen LogP contribution in [-0.4, -0.2) is 29.7 Å². The molecule has 0 N–H and O–H groups in total. The average molecular weight is 339 g/mol. The Labute approximate surface area is 147 Å². The molecule has 1 aliphatic heterocycles. The maximum Gasteiger partial charge on any atom is 0.253 e. The van der Waals surface area contributed by atoms with Crippen molar-refractivity contribution in [1.29, 1.82) is 0 Å². The fourth-order valence-electron chi connectivity index (χ4n) is 3.32. The molecule has 0 aliphatic carbocycles. The van der Waals surface area contributed by atoms with Gasteiger partial charge in [-0.1, -0.05) is 30.3 Å². The van der Waals surface area contributed by atoms with E-state index in [1.807, 2.05) is 30.3 Å². The molecule has 1 heterocycles. The van der Waals surface area contributed by atoms with Gasteiger partial charge in [0.05, 0.1) is 0 Å². The number of piperidine rings is 1. The first-order chi connectivity index (χ1) is 12.1. The fourth-order valence-corrected chi connectivity index (χ4v) is 3.32. The van der Waals surface area contributed by atoms with E-state index >= 15 is 0 Å². The molecule has 0 radical (unpaired) electrons. The van der Waals surface area contributed by atoms with Gasteiger partial charge < -0.3 is 4.90 Å². The van der Waals surface area contributed by atoms with Crippen molar-refractivity contribution in [3.8, 4) is 0 Å². The Bertz CT molecular complexity index is 727. The lowest BCUT2D eigenvalue weighted by Crippen LogP contribution is -2.42. The zero-order valence-corrected chi connectivity index (χ0v) is 14.2. The van der Waals surface area contributed by atoms with Crippen molar-refractivity contribution < 1.29 is 14.0 Å². The van der Waals surface area contributed by atoms with E-state index in [1.165, 1.54) is 24.3 Å². The highest BCUT2D eigenvalue weighted by molar-refractivity contribution is 5.94. The Morgan fingerprint density at radius 2 is 1.76 bits per heavy atom. The van der Waals surface area contributed by atoms with Crippen molar-refractivity contribution in [1.82, 2.24) is 4.90 Å². The van der Waals surface area contributed by atoms with Crippen LogP contribution in [0.3, 0.4) is 0 Å². The number of halogens is 1. The summed E-state index contributed by atoms with van der Waals surface area (Å²) in [7, 11) is 0. The summed E-state index contributed by atoms with van der Waals surface area (Å²) in [5, 5.41) is 0. The number of ketones is 1. The van der Waals surface area contributed by atoms with Crippen molar-refractivity contribution in [2.45, 2.75) is 25.7 Å². The van der Waals surface area contributed by atoms with Crippen LogP contribution >= 0.6 is 0 Å². The molecule has 1 fully saturated rings. The Morgan fingerprint density at radius 1 is 1.04 bits per heavy atom. The summed E-state index contributed by atoms with van der Waals surface area (Å²) in [6, 6.07) is 15.5. The van der Waals surface area contributed by atoms with Crippen LogP contribution in [0.5, 0.6) is 0 Å². The molecule has 0 aromatic heterocycles. The van der Waals surface area contributed by atoms with Gasteiger partial charge in [0.25, 0.3) is 5.91 Å². The van der Waals surface area contributed by atoms with E-state index in [0.717, 1.165) is 24.8 Å². The van der Waals surface area contributed by atoms with Crippen molar-refractivity contribution in [2.75, 3.05) is 13.1 Å². The van der Waals surface area contributed by atoms with E-state index in [1.54, 1.807) is 4.90 Å². The van der Waals surface area contributed by atoms with E-state index in [2.05, 4.69) is 0 Å². The molecule has 1 aliphatic rings. The van der Waals surface area contributed by atoms with Crippen LogP contribution in [0.15, 0.2) is 54.6 Å². The van der Waals surface area contributed by atoms with Crippen LogP contribution in [0.4, 0.5) is 4.39 Å². The van der Waals surface area contributed by atoms with Gasteiger partial charge in [-0.25, -0.2) is 4.39 Å². The summed E-state index contributed by atoms with van der Waals surface area (Å²) < 4.78 is 13.0. The third-order valence-electron chi connectivity index (χ3n) is 4.76. The molecule has 0 bridgehead atoms. The SMILES string of the molecule is O=C(CCc1ccccc1)C1CCCN(C(=O)c2ccc(F)cc2)C1. The van der Waals surface area contributed by atoms with E-state index in [4.69, 9.17) is 0 Å². The van der Waals surface area contributed by atoms with Crippen LogP contribution in [0.1, 0.15) is 35.2 Å². The molecular formula is C21H22FNO2. The van der Waals surface area contributed by atoms with Crippen LogP contribution in [0.25, 0.3) is 0 Å². The maximum absolute atomic E-state index is 13.0. The topological polar surface area (TPSA) is 37.4 Å². The normalized spacial score (nSPS) is 17.3. The number of carbonyl (C=O) groups excluding carboxylic acids is 2. The molecule has 1 atom stereocenters. The third kappa shape index (κ3) is 4.53. The Hall–Kier alpha value is -2.49. The monoisotopic (exact) mass is 339 g/mol. The molecule has 4 heteroatoms. The maximum atomic E-state index is 13.0. The molecule has 0 spiro atoms. The quantitative estimate of drug-likeness (QED) is 0.829. The number of aryl methyl sites for hydroxylation is 1. The molecular weight excluding hydrogens is 317 g/mol. The second-order valence-corrected chi connectivity index (χ2v) is 6.55. The number of amides is 1. The standard InChI is InChI=1S/C21H22FNO2/c22-19-11-9-17(10-12-19)21(25)23-14-4-7-18(15-23)20(24)13-8-16-5-2-1-3-6-16/h1-3,5-6,9-12,18H,4,7-8,13-15H2. The molecule has 3 rings (SSSR count). The molecule has 1 saturated heterocycles. The highest BCUT2D eigenvalue weighted by Crippen LogP contribution is 2.21. The number of Topliss-reactive ketones (excluding diaryl/α,β-unsaturated/α-hetero) is 1. The third-order valence-corrected chi connectivity index (χ3v) is 4.76. The van der Waals surface area contributed by atoms with Gasteiger partial charge in [0.15, 0.2) is 0 Å². The van der Waals surface area contributed by atoms with Crippen molar-refractivity contribution in [3.05, 3.63) is 71.5 Å². The van der Waals surface area contributed by atoms with Crippen molar-refractivity contribution in [2.24, 2.45) is 5.92 Å². The number of nitrogens with zero attached hydrogens (tertiary/aromatic N) is 1. The zero-order valence-electron chi connectivity index (χ0n) is 14.2. The molecule has 0 saturated carbocycles. The van der Waals surface area contributed by atoms with Gasteiger partial charge in [-0.05, 0) is 49.1 Å². The van der Waals surface area contributed by atoms with Gasteiger partial charge in [0.1, 0.15) is 11.6 Å². The Kier molecular flexibility index (Phi) is 5.59. The lowest BCUT2D eigenvalue weighted by Gasteiger charge is -2.32. The van der Waals surface area contributed by atoms with Crippen LogP contribution in [0, 0.1) is 11.7 Å². The smallest absolute Gasteiger partial charge is 0.253 e. The second kappa shape index (κ2) is 8.06. The number of rotatable bonds is 5. The summed E-state index contributed by atoms with van der Waals surface area (Å²) >= 11 is 0. The molecule has 1 amide bonds. The van der Waals surface area contributed by atoms with E-state index in [0.29, 0.717) is 25.1 Å². The zero-order chi connectivity index (χ0) is 17.6. The van der Waals surface area contributed by atoms with Crippen LogP contribution in [0.2, 0.25) is 0 Å². The van der Waals surface area contributed by atoms with Gasteiger partial charge in [0.2, 0.25) is 0 Å². The molecule has 2 aromatic rings. The van der Waals surface area contributed by atoms with Gasteiger partial charge in [-0.15, -0.1) is 0 Å². The highest BCUT2D eigenvalue weighted by atomic mass is 19.1.